The summed E-state index contributed by atoms with van der Waals surface area (Å²) in [5, 5.41) is 10.6. The lowest BCUT2D eigenvalue weighted by Gasteiger charge is -2.37. The van der Waals surface area contributed by atoms with E-state index in [1.54, 1.807) is 0 Å². The average Bonchev–Trinajstić information content (AvgIpc) is 3.29. The van der Waals surface area contributed by atoms with E-state index in [9.17, 15) is 5.11 Å². The summed E-state index contributed by atoms with van der Waals surface area (Å²) in [7, 11) is 0. The van der Waals surface area contributed by atoms with Gasteiger partial charge in [0.2, 0.25) is 0 Å². The first kappa shape index (κ1) is 18.3. The van der Waals surface area contributed by atoms with Crippen molar-refractivity contribution in [2.75, 3.05) is 37.7 Å². The van der Waals surface area contributed by atoms with Gasteiger partial charge in [-0.3, -0.25) is 4.90 Å². The number of para-hydroxylation sites is 1. The maximum atomic E-state index is 10.6. The zero-order chi connectivity index (χ0) is 17.8. The highest BCUT2D eigenvalue weighted by Crippen LogP contribution is 2.39. The minimum Gasteiger partial charge on any atom is -0.389 e. The van der Waals surface area contributed by atoms with E-state index in [1.807, 2.05) is 0 Å². The van der Waals surface area contributed by atoms with Crippen molar-refractivity contribution in [1.82, 2.24) is 4.90 Å². The molecule has 4 nitrogen and oxygen atoms in total. The van der Waals surface area contributed by atoms with Crippen LogP contribution in [0.1, 0.15) is 51.4 Å². The molecule has 2 atom stereocenters. The number of ether oxygens (including phenoxy) is 1. The molecule has 2 heterocycles. The van der Waals surface area contributed by atoms with Crippen LogP contribution in [0, 0.1) is 0 Å². The topological polar surface area (TPSA) is 35.9 Å². The van der Waals surface area contributed by atoms with Gasteiger partial charge in [-0.1, -0.05) is 37.5 Å². The van der Waals surface area contributed by atoms with Crippen LogP contribution in [0.4, 0.5) is 5.69 Å². The monoisotopic (exact) mass is 358 g/mol. The highest BCUT2D eigenvalue weighted by atomic mass is 16.5. The van der Waals surface area contributed by atoms with Crippen molar-refractivity contribution in [3.05, 3.63) is 30.3 Å². The van der Waals surface area contributed by atoms with Gasteiger partial charge in [-0.15, -0.1) is 0 Å². The van der Waals surface area contributed by atoms with Crippen LogP contribution in [0.3, 0.4) is 0 Å². The van der Waals surface area contributed by atoms with Gasteiger partial charge in [0, 0.05) is 30.9 Å². The molecular formula is C22H34N2O2. The first-order valence-corrected chi connectivity index (χ1v) is 10.6. The van der Waals surface area contributed by atoms with Crippen LogP contribution in [-0.4, -0.2) is 60.5 Å². The van der Waals surface area contributed by atoms with Gasteiger partial charge in [0.15, 0.2) is 0 Å². The zero-order valence-electron chi connectivity index (χ0n) is 16.0. The van der Waals surface area contributed by atoms with E-state index in [0.29, 0.717) is 12.7 Å². The Morgan fingerprint density at radius 1 is 1.04 bits per heavy atom. The fraction of sp³-hybridized carbons (Fsp3) is 0.727. The number of aliphatic hydroxyl groups excluding tert-OH is 1. The molecule has 1 spiro atoms. The molecular weight excluding hydrogens is 324 g/mol. The van der Waals surface area contributed by atoms with Gasteiger partial charge < -0.3 is 14.7 Å². The molecule has 1 N–H and O–H groups in total. The van der Waals surface area contributed by atoms with Crippen LogP contribution in [0.15, 0.2) is 30.3 Å². The molecule has 0 aromatic heterocycles. The van der Waals surface area contributed by atoms with Gasteiger partial charge in [0.1, 0.15) is 0 Å². The summed E-state index contributed by atoms with van der Waals surface area (Å²) in [6.45, 7) is 4.58. The number of benzene rings is 1. The Hall–Kier alpha value is -1.10. The first-order chi connectivity index (χ1) is 12.8. The summed E-state index contributed by atoms with van der Waals surface area (Å²) in [5.41, 5.74) is 1.58. The highest BCUT2D eigenvalue weighted by Gasteiger charge is 2.46. The van der Waals surface area contributed by atoms with E-state index in [4.69, 9.17) is 4.74 Å². The highest BCUT2D eigenvalue weighted by molar-refractivity contribution is 5.48. The standard InChI is InChI=1S/C22H34N2O2/c25-20(17-26-21-10-5-2-6-11-21)16-24-14-7-12-22(24)13-15-23(18-22)19-8-3-1-4-9-19/h1,3-4,8-9,20-21,25H,2,5-7,10-18H2. The average molecular weight is 359 g/mol. The molecule has 1 aromatic carbocycles. The fourth-order valence-corrected chi connectivity index (χ4v) is 5.24. The molecule has 4 heteroatoms. The molecule has 0 radical (unpaired) electrons. The molecule has 26 heavy (non-hydrogen) atoms. The minimum absolute atomic E-state index is 0.252. The summed E-state index contributed by atoms with van der Waals surface area (Å²) in [4.78, 5) is 5.08. The molecule has 2 saturated heterocycles. The van der Waals surface area contributed by atoms with Crippen molar-refractivity contribution >= 4 is 5.69 Å². The van der Waals surface area contributed by atoms with E-state index in [2.05, 4.69) is 40.1 Å². The summed E-state index contributed by atoms with van der Waals surface area (Å²) >= 11 is 0. The SMILES string of the molecule is OC(COC1CCCCC1)CN1CCCC12CCN(c1ccccc1)C2. The third-order valence-electron chi connectivity index (χ3n) is 6.70. The van der Waals surface area contributed by atoms with Crippen molar-refractivity contribution in [2.45, 2.75) is 69.1 Å². The Balaban J connectivity index is 1.30. The van der Waals surface area contributed by atoms with Crippen molar-refractivity contribution in [2.24, 2.45) is 0 Å². The van der Waals surface area contributed by atoms with Gasteiger partial charge in [-0.2, -0.15) is 0 Å². The number of rotatable bonds is 6. The number of anilines is 1. The van der Waals surface area contributed by atoms with Crippen LogP contribution in [0.25, 0.3) is 0 Å². The molecule has 0 bridgehead atoms. The maximum absolute atomic E-state index is 10.6. The molecule has 3 fully saturated rings. The van der Waals surface area contributed by atoms with E-state index in [0.717, 1.165) is 26.2 Å². The minimum atomic E-state index is -0.363. The van der Waals surface area contributed by atoms with Crippen LogP contribution >= 0.6 is 0 Å². The Morgan fingerprint density at radius 2 is 1.85 bits per heavy atom. The quantitative estimate of drug-likeness (QED) is 0.845. The Kier molecular flexibility index (Phi) is 5.82. The number of β-amino-alcohol motifs (C(OH)–C–C–N with tert-alkyl or cyclic N) is 1. The molecule has 0 amide bonds. The van der Waals surface area contributed by atoms with Gasteiger partial charge >= 0.3 is 0 Å². The molecule has 144 valence electrons. The lowest BCUT2D eigenvalue weighted by atomic mass is 9.95. The van der Waals surface area contributed by atoms with Crippen LogP contribution in [0.5, 0.6) is 0 Å². The third kappa shape index (κ3) is 4.08. The summed E-state index contributed by atoms with van der Waals surface area (Å²) in [6, 6.07) is 10.8. The number of likely N-dealkylation sites (tertiary alicyclic amines) is 1. The van der Waals surface area contributed by atoms with Crippen LogP contribution < -0.4 is 4.90 Å². The molecule has 1 aromatic rings. The van der Waals surface area contributed by atoms with E-state index in [-0.39, 0.29) is 11.6 Å². The van der Waals surface area contributed by atoms with Crippen molar-refractivity contribution in [3.63, 3.8) is 0 Å². The maximum Gasteiger partial charge on any atom is 0.0900 e. The third-order valence-corrected chi connectivity index (χ3v) is 6.70. The summed E-state index contributed by atoms with van der Waals surface area (Å²) in [5.74, 6) is 0. The second kappa shape index (κ2) is 8.28. The number of aliphatic hydroxyl groups is 1. The van der Waals surface area contributed by atoms with Gasteiger partial charge in [-0.25, -0.2) is 0 Å². The van der Waals surface area contributed by atoms with Gasteiger partial charge in [0.05, 0.1) is 18.8 Å². The van der Waals surface area contributed by atoms with Gasteiger partial charge in [0.25, 0.3) is 0 Å². The van der Waals surface area contributed by atoms with Crippen molar-refractivity contribution in [3.8, 4) is 0 Å². The fourth-order valence-electron chi connectivity index (χ4n) is 5.24. The number of nitrogens with zero attached hydrogens (tertiary/aromatic N) is 2. The molecule has 1 aliphatic carbocycles. The van der Waals surface area contributed by atoms with E-state index in [1.165, 1.54) is 57.1 Å². The summed E-state index contributed by atoms with van der Waals surface area (Å²) < 4.78 is 6.01. The molecule has 2 aliphatic heterocycles. The summed E-state index contributed by atoms with van der Waals surface area (Å²) in [6.07, 6.45) is 9.99. The van der Waals surface area contributed by atoms with Crippen molar-refractivity contribution < 1.29 is 9.84 Å². The second-order valence-electron chi connectivity index (χ2n) is 8.53. The largest absolute Gasteiger partial charge is 0.389 e. The predicted octanol–water partition coefficient (Wildman–Crippen LogP) is 3.44. The molecule has 2 unspecified atom stereocenters. The van der Waals surface area contributed by atoms with E-state index >= 15 is 0 Å². The first-order valence-electron chi connectivity index (χ1n) is 10.6. The van der Waals surface area contributed by atoms with Crippen molar-refractivity contribution in [1.29, 1.82) is 0 Å². The Labute approximate surface area is 158 Å². The van der Waals surface area contributed by atoms with Crippen LogP contribution in [-0.2, 0) is 4.74 Å². The predicted molar refractivity (Wildman–Crippen MR) is 106 cm³/mol. The molecule has 1 saturated carbocycles. The smallest absolute Gasteiger partial charge is 0.0900 e. The lowest BCUT2D eigenvalue weighted by Crippen LogP contribution is -2.49. The molecule has 3 aliphatic rings. The van der Waals surface area contributed by atoms with Gasteiger partial charge in [-0.05, 0) is 50.8 Å². The number of hydrogen-bond acceptors (Lipinski definition) is 4. The van der Waals surface area contributed by atoms with Crippen LogP contribution in [0.2, 0.25) is 0 Å². The number of hydrogen-bond donors (Lipinski definition) is 1. The normalized spacial score (nSPS) is 28.9. The Bertz CT molecular complexity index is 561. The Morgan fingerprint density at radius 3 is 2.65 bits per heavy atom. The molecule has 4 rings (SSSR count). The van der Waals surface area contributed by atoms with E-state index < -0.39 is 0 Å². The second-order valence-corrected chi connectivity index (χ2v) is 8.53. The zero-order valence-corrected chi connectivity index (χ0v) is 16.0. The lowest BCUT2D eigenvalue weighted by molar-refractivity contribution is -0.0394.